The number of methoxy groups -OCH3 is 2. The van der Waals surface area contributed by atoms with Gasteiger partial charge in [0, 0.05) is 5.69 Å². The van der Waals surface area contributed by atoms with Crippen LogP contribution in [0.2, 0.25) is 5.02 Å². The molecule has 0 saturated carbocycles. The highest BCUT2D eigenvalue weighted by Crippen LogP contribution is 2.22. The van der Waals surface area contributed by atoms with Crippen LogP contribution in [0.3, 0.4) is 0 Å². The predicted molar refractivity (Wildman–Crippen MR) is 102 cm³/mol. The third-order valence-corrected chi connectivity index (χ3v) is 3.94. The van der Waals surface area contributed by atoms with Gasteiger partial charge in [-0.15, -0.1) is 0 Å². The number of carbonyl (C=O) groups excluding carboxylic acids is 3. The zero-order valence-electron chi connectivity index (χ0n) is 15.1. The highest BCUT2D eigenvalue weighted by molar-refractivity contribution is 6.33. The van der Waals surface area contributed by atoms with Crippen LogP contribution in [0.5, 0.6) is 0 Å². The van der Waals surface area contributed by atoms with Crippen molar-refractivity contribution in [3.63, 3.8) is 0 Å². The van der Waals surface area contributed by atoms with Crippen LogP contribution in [-0.4, -0.2) is 38.6 Å². The summed E-state index contributed by atoms with van der Waals surface area (Å²) in [5.41, 5.74) is 2.12. The van der Waals surface area contributed by atoms with E-state index < -0.39 is 11.9 Å². The molecule has 142 valence electrons. The molecule has 0 aliphatic rings. The van der Waals surface area contributed by atoms with E-state index in [0.717, 1.165) is 5.56 Å². The molecule has 27 heavy (non-hydrogen) atoms. The van der Waals surface area contributed by atoms with E-state index in [9.17, 15) is 14.4 Å². The maximum Gasteiger partial charge on any atom is 0.337 e. The van der Waals surface area contributed by atoms with Gasteiger partial charge in [0.2, 0.25) is 5.91 Å². The largest absolute Gasteiger partial charge is 0.465 e. The average molecular weight is 391 g/mol. The Bertz CT molecular complexity index is 848. The maximum absolute atomic E-state index is 12.2. The van der Waals surface area contributed by atoms with Crippen molar-refractivity contribution in [2.75, 3.05) is 31.4 Å². The minimum Gasteiger partial charge on any atom is -0.465 e. The zero-order chi connectivity index (χ0) is 20.0. The standard InChI is InChI=1S/C19H19ClN2O5/c1-11-4-5-16(15(20)6-11)21-10-17(23)22-14-8-12(18(24)26-2)7-13(9-14)19(25)27-3/h4-9,21H,10H2,1-3H3,(H,22,23). The van der Waals surface area contributed by atoms with Crippen LogP contribution < -0.4 is 10.6 Å². The van der Waals surface area contributed by atoms with Gasteiger partial charge in [-0.25, -0.2) is 9.59 Å². The first-order valence-electron chi connectivity index (χ1n) is 7.95. The van der Waals surface area contributed by atoms with Gasteiger partial charge in [-0.05, 0) is 42.8 Å². The molecule has 0 saturated heterocycles. The first-order chi connectivity index (χ1) is 12.8. The van der Waals surface area contributed by atoms with Crippen LogP contribution in [0.25, 0.3) is 0 Å². The number of nitrogens with one attached hydrogen (secondary N) is 2. The first-order valence-corrected chi connectivity index (χ1v) is 8.33. The second-order valence-corrected chi connectivity index (χ2v) is 6.07. The number of ether oxygens (including phenoxy) is 2. The van der Waals surface area contributed by atoms with Crippen molar-refractivity contribution in [2.45, 2.75) is 6.92 Å². The summed E-state index contributed by atoms with van der Waals surface area (Å²) < 4.78 is 9.32. The van der Waals surface area contributed by atoms with Gasteiger partial charge in [-0.1, -0.05) is 17.7 Å². The van der Waals surface area contributed by atoms with Crippen LogP contribution in [-0.2, 0) is 14.3 Å². The molecule has 2 rings (SSSR count). The molecule has 0 radical (unpaired) electrons. The number of amides is 1. The normalized spacial score (nSPS) is 10.1. The summed E-state index contributed by atoms with van der Waals surface area (Å²) >= 11 is 6.12. The fourth-order valence-electron chi connectivity index (χ4n) is 2.32. The van der Waals surface area contributed by atoms with Crippen LogP contribution in [0.4, 0.5) is 11.4 Å². The number of hydrogen-bond donors (Lipinski definition) is 2. The number of aryl methyl sites for hydroxylation is 1. The molecule has 0 spiro atoms. The molecule has 2 aromatic rings. The van der Waals surface area contributed by atoms with Crippen LogP contribution in [0, 0.1) is 6.92 Å². The molecule has 0 aromatic heterocycles. The molecule has 0 bridgehead atoms. The second-order valence-electron chi connectivity index (χ2n) is 5.67. The van der Waals surface area contributed by atoms with E-state index in [1.807, 2.05) is 13.0 Å². The molecule has 2 aromatic carbocycles. The Morgan fingerprint density at radius 2 is 1.56 bits per heavy atom. The van der Waals surface area contributed by atoms with Gasteiger partial charge in [0.05, 0.1) is 42.6 Å². The van der Waals surface area contributed by atoms with Gasteiger partial charge < -0.3 is 20.1 Å². The summed E-state index contributed by atoms with van der Waals surface area (Å²) in [4.78, 5) is 35.8. The molecule has 2 N–H and O–H groups in total. The van der Waals surface area contributed by atoms with Crippen molar-refractivity contribution < 1.29 is 23.9 Å². The van der Waals surface area contributed by atoms with Gasteiger partial charge in [0.1, 0.15) is 0 Å². The van der Waals surface area contributed by atoms with E-state index in [4.69, 9.17) is 11.6 Å². The lowest BCUT2D eigenvalue weighted by molar-refractivity contribution is -0.114. The van der Waals surface area contributed by atoms with Gasteiger partial charge in [0.15, 0.2) is 0 Å². The molecule has 7 nitrogen and oxygen atoms in total. The summed E-state index contributed by atoms with van der Waals surface area (Å²) in [5.74, 6) is -1.66. The quantitative estimate of drug-likeness (QED) is 0.735. The smallest absolute Gasteiger partial charge is 0.337 e. The molecule has 0 unspecified atom stereocenters. The third kappa shape index (κ3) is 5.46. The summed E-state index contributed by atoms with van der Waals surface area (Å²) in [6.07, 6.45) is 0. The molecule has 1 amide bonds. The minimum atomic E-state index is -0.638. The first kappa shape index (κ1) is 20.3. The molecule has 8 heteroatoms. The number of benzene rings is 2. The lowest BCUT2D eigenvalue weighted by Crippen LogP contribution is -2.22. The van der Waals surface area contributed by atoms with E-state index >= 15 is 0 Å². The Hall–Kier alpha value is -3.06. The van der Waals surface area contributed by atoms with E-state index in [0.29, 0.717) is 10.7 Å². The van der Waals surface area contributed by atoms with Gasteiger partial charge in [0.25, 0.3) is 0 Å². The number of halogens is 1. The lowest BCUT2D eigenvalue weighted by atomic mass is 10.1. The SMILES string of the molecule is COC(=O)c1cc(NC(=O)CNc2ccc(C)cc2Cl)cc(C(=O)OC)c1. The van der Waals surface area contributed by atoms with E-state index in [2.05, 4.69) is 20.1 Å². The van der Waals surface area contributed by atoms with Crippen molar-refractivity contribution in [1.82, 2.24) is 0 Å². The molecule has 0 aliphatic carbocycles. The maximum atomic E-state index is 12.2. The molecule has 0 fully saturated rings. The van der Waals surface area contributed by atoms with Crippen molar-refractivity contribution in [3.05, 3.63) is 58.1 Å². The number of hydrogen-bond acceptors (Lipinski definition) is 6. The van der Waals surface area contributed by atoms with E-state index in [-0.39, 0.29) is 29.3 Å². The Morgan fingerprint density at radius 3 is 2.07 bits per heavy atom. The Kier molecular flexibility index (Phi) is 6.79. The monoisotopic (exact) mass is 390 g/mol. The summed E-state index contributed by atoms with van der Waals surface area (Å²) in [6, 6.07) is 9.58. The Labute approximate surface area is 161 Å². The van der Waals surface area contributed by atoms with Crippen LogP contribution >= 0.6 is 11.6 Å². The van der Waals surface area contributed by atoms with Crippen molar-refractivity contribution >= 4 is 40.8 Å². The number of carbonyl (C=O) groups is 3. The number of anilines is 2. The number of esters is 2. The minimum absolute atomic E-state index is 0.0568. The summed E-state index contributed by atoms with van der Waals surface area (Å²) in [7, 11) is 2.45. The lowest BCUT2D eigenvalue weighted by Gasteiger charge is -2.11. The molecular formula is C19H19ClN2O5. The second kappa shape index (κ2) is 9.05. The Morgan fingerprint density at radius 1 is 0.963 bits per heavy atom. The van der Waals surface area contributed by atoms with Gasteiger partial charge in [-0.2, -0.15) is 0 Å². The number of rotatable bonds is 6. The van der Waals surface area contributed by atoms with E-state index in [1.165, 1.54) is 32.4 Å². The summed E-state index contributed by atoms with van der Waals surface area (Å²) in [5, 5.41) is 6.05. The molecule has 0 atom stereocenters. The van der Waals surface area contributed by atoms with Gasteiger partial charge >= 0.3 is 11.9 Å². The van der Waals surface area contributed by atoms with Gasteiger partial charge in [-0.3, -0.25) is 4.79 Å². The van der Waals surface area contributed by atoms with Crippen LogP contribution in [0.1, 0.15) is 26.3 Å². The average Bonchev–Trinajstić information content (AvgIpc) is 2.65. The highest BCUT2D eigenvalue weighted by Gasteiger charge is 2.15. The highest BCUT2D eigenvalue weighted by atomic mass is 35.5. The molecular weight excluding hydrogens is 372 g/mol. The van der Waals surface area contributed by atoms with Crippen LogP contribution in [0.15, 0.2) is 36.4 Å². The van der Waals surface area contributed by atoms with E-state index in [1.54, 1.807) is 12.1 Å². The topological polar surface area (TPSA) is 93.7 Å². The third-order valence-electron chi connectivity index (χ3n) is 3.62. The Balaban J connectivity index is 2.13. The predicted octanol–water partition coefficient (Wildman–Crippen LogP) is 3.27. The van der Waals surface area contributed by atoms with Crippen molar-refractivity contribution in [3.8, 4) is 0 Å². The van der Waals surface area contributed by atoms with Crippen molar-refractivity contribution in [1.29, 1.82) is 0 Å². The summed E-state index contributed by atoms with van der Waals surface area (Å²) in [6.45, 7) is 1.86. The van der Waals surface area contributed by atoms with Crippen molar-refractivity contribution in [2.24, 2.45) is 0 Å². The molecule has 0 aliphatic heterocycles. The molecule has 0 heterocycles. The zero-order valence-corrected chi connectivity index (χ0v) is 15.8. The fourth-order valence-corrected chi connectivity index (χ4v) is 2.62. The fraction of sp³-hybridized carbons (Fsp3) is 0.211.